The summed E-state index contributed by atoms with van der Waals surface area (Å²) in [5, 5.41) is 0. The molecule has 6 nitrogen and oxygen atoms in total. The SMILES string of the molecule is c1ccc(-c2ccc3[nH]c(-c4ncc[nH]4)nc3n2)nc1. The quantitative estimate of drug-likeness (QED) is 0.581. The van der Waals surface area contributed by atoms with E-state index in [1.54, 1.807) is 18.6 Å². The van der Waals surface area contributed by atoms with Gasteiger partial charge in [0, 0.05) is 18.6 Å². The number of hydrogen-bond donors (Lipinski definition) is 2. The minimum absolute atomic E-state index is 0.652. The average Bonchev–Trinajstić information content (AvgIpc) is 3.16. The van der Waals surface area contributed by atoms with Crippen molar-refractivity contribution in [2.24, 2.45) is 0 Å². The molecule has 4 aromatic rings. The smallest absolute Gasteiger partial charge is 0.178 e. The Morgan fingerprint density at radius 2 is 1.80 bits per heavy atom. The zero-order valence-corrected chi connectivity index (χ0v) is 10.4. The lowest BCUT2D eigenvalue weighted by Gasteiger charge is -1.98. The molecule has 4 rings (SSSR count). The fourth-order valence-electron chi connectivity index (χ4n) is 2.06. The second-order valence-corrected chi connectivity index (χ2v) is 4.31. The number of hydrogen-bond acceptors (Lipinski definition) is 4. The Morgan fingerprint density at radius 1 is 0.800 bits per heavy atom. The molecule has 0 saturated carbocycles. The molecule has 0 aliphatic heterocycles. The van der Waals surface area contributed by atoms with Gasteiger partial charge in [-0.15, -0.1) is 0 Å². The van der Waals surface area contributed by atoms with E-state index in [0.717, 1.165) is 16.9 Å². The molecule has 0 aliphatic rings. The first-order valence-electron chi connectivity index (χ1n) is 6.18. The lowest BCUT2D eigenvalue weighted by molar-refractivity contribution is 1.20. The van der Waals surface area contributed by atoms with E-state index in [2.05, 4.69) is 29.9 Å². The summed E-state index contributed by atoms with van der Waals surface area (Å²) in [5.41, 5.74) is 3.16. The first kappa shape index (κ1) is 10.9. The van der Waals surface area contributed by atoms with Gasteiger partial charge in [0.25, 0.3) is 0 Å². The highest BCUT2D eigenvalue weighted by Gasteiger charge is 2.09. The Bertz CT molecular complexity index is 848. The maximum absolute atomic E-state index is 4.53. The fourth-order valence-corrected chi connectivity index (χ4v) is 2.06. The Kier molecular flexibility index (Phi) is 2.32. The van der Waals surface area contributed by atoms with Crippen molar-refractivity contribution in [3.63, 3.8) is 0 Å². The van der Waals surface area contributed by atoms with Gasteiger partial charge >= 0.3 is 0 Å². The van der Waals surface area contributed by atoms with E-state index >= 15 is 0 Å². The number of imidazole rings is 2. The predicted octanol–water partition coefficient (Wildman–Crippen LogP) is 2.41. The van der Waals surface area contributed by atoms with Crippen LogP contribution in [-0.2, 0) is 0 Å². The average molecular weight is 262 g/mol. The molecule has 6 heteroatoms. The topological polar surface area (TPSA) is 83.1 Å². The van der Waals surface area contributed by atoms with Gasteiger partial charge in [-0.25, -0.2) is 15.0 Å². The number of nitrogens with zero attached hydrogens (tertiary/aromatic N) is 4. The first-order chi connectivity index (χ1) is 9.90. The largest absolute Gasteiger partial charge is 0.342 e. The van der Waals surface area contributed by atoms with Crippen LogP contribution >= 0.6 is 0 Å². The summed E-state index contributed by atoms with van der Waals surface area (Å²) in [7, 11) is 0. The second-order valence-electron chi connectivity index (χ2n) is 4.31. The third kappa shape index (κ3) is 1.74. The molecular formula is C14H10N6. The lowest BCUT2D eigenvalue weighted by Crippen LogP contribution is -1.87. The van der Waals surface area contributed by atoms with Crippen LogP contribution in [0.5, 0.6) is 0 Å². The second kappa shape index (κ2) is 4.27. The van der Waals surface area contributed by atoms with E-state index in [4.69, 9.17) is 0 Å². The highest BCUT2D eigenvalue weighted by atomic mass is 15.0. The molecule has 0 amide bonds. The van der Waals surface area contributed by atoms with E-state index < -0.39 is 0 Å². The van der Waals surface area contributed by atoms with Crippen molar-refractivity contribution in [1.29, 1.82) is 0 Å². The fraction of sp³-hybridized carbons (Fsp3) is 0. The van der Waals surface area contributed by atoms with Crippen molar-refractivity contribution >= 4 is 11.2 Å². The summed E-state index contributed by atoms with van der Waals surface area (Å²) < 4.78 is 0. The van der Waals surface area contributed by atoms with E-state index in [1.165, 1.54) is 0 Å². The van der Waals surface area contributed by atoms with E-state index in [0.29, 0.717) is 17.3 Å². The van der Waals surface area contributed by atoms with Gasteiger partial charge in [0.1, 0.15) is 0 Å². The van der Waals surface area contributed by atoms with Gasteiger partial charge < -0.3 is 9.97 Å². The van der Waals surface area contributed by atoms with Gasteiger partial charge in [0.15, 0.2) is 17.3 Å². The Morgan fingerprint density at radius 3 is 2.60 bits per heavy atom. The van der Waals surface area contributed by atoms with Crippen molar-refractivity contribution < 1.29 is 0 Å². The number of pyridine rings is 2. The molecule has 0 atom stereocenters. The van der Waals surface area contributed by atoms with Crippen molar-refractivity contribution in [3.8, 4) is 23.0 Å². The number of fused-ring (bicyclic) bond motifs is 1. The molecular weight excluding hydrogens is 252 g/mol. The monoisotopic (exact) mass is 262 g/mol. The number of rotatable bonds is 2. The van der Waals surface area contributed by atoms with Crippen molar-refractivity contribution in [1.82, 2.24) is 29.9 Å². The van der Waals surface area contributed by atoms with Crippen LogP contribution in [0.1, 0.15) is 0 Å². The normalized spacial score (nSPS) is 11.0. The molecule has 0 radical (unpaired) electrons. The summed E-state index contributed by atoms with van der Waals surface area (Å²) in [6.07, 6.45) is 5.20. The van der Waals surface area contributed by atoms with Crippen molar-refractivity contribution in [3.05, 3.63) is 48.9 Å². The van der Waals surface area contributed by atoms with Crippen LogP contribution in [-0.4, -0.2) is 29.9 Å². The molecule has 4 heterocycles. The molecule has 0 spiro atoms. The molecule has 0 fully saturated rings. The van der Waals surface area contributed by atoms with E-state index in [-0.39, 0.29) is 0 Å². The molecule has 4 aromatic heterocycles. The van der Waals surface area contributed by atoms with E-state index in [9.17, 15) is 0 Å². The van der Waals surface area contributed by atoms with Gasteiger partial charge in [0.2, 0.25) is 0 Å². The Labute approximate surface area is 114 Å². The van der Waals surface area contributed by atoms with Gasteiger partial charge in [0.05, 0.1) is 16.9 Å². The Balaban J connectivity index is 1.84. The van der Waals surface area contributed by atoms with Crippen LogP contribution in [0.2, 0.25) is 0 Å². The van der Waals surface area contributed by atoms with Gasteiger partial charge in [-0.2, -0.15) is 0 Å². The van der Waals surface area contributed by atoms with Crippen LogP contribution in [0.15, 0.2) is 48.9 Å². The zero-order valence-electron chi connectivity index (χ0n) is 10.4. The summed E-state index contributed by atoms with van der Waals surface area (Å²) in [4.78, 5) is 23.7. The molecule has 0 aliphatic carbocycles. The van der Waals surface area contributed by atoms with E-state index in [1.807, 2.05) is 30.3 Å². The van der Waals surface area contributed by atoms with Gasteiger partial charge in [-0.3, -0.25) is 4.98 Å². The predicted molar refractivity (Wildman–Crippen MR) is 74.7 cm³/mol. The minimum atomic E-state index is 0.652. The highest BCUT2D eigenvalue weighted by Crippen LogP contribution is 2.20. The summed E-state index contributed by atoms with van der Waals surface area (Å²) in [6.45, 7) is 0. The summed E-state index contributed by atoms with van der Waals surface area (Å²) >= 11 is 0. The van der Waals surface area contributed by atoms with Gasteiger partial charge in [-0.1, -0.05) is 6.07 Å². The van der Waals surface area contributed by atoms with Crippen molar-refractivity contribution in [2.75, 3.05) is 0 Å². The molecule has 0 unspecified atom stereocenters. The van der Waals surface area contributed by atoms with Crippen molar-refractivity contribution in [2.45, 2.75) is 0 Å². The molecule has 0 saturated heterocycles. The maximum Gasteiger partial charge on any atom is 0.178 e. The molecule has 20 heavy (non-hydrogen) atoms. The molecule has 0 aromatic carbocycles. The standard InChI is InChI=1S/C14H10N6/c1-2-6-15-9(3-1)10-4-5-11-12(18-10)20-14(19-11)13-16-7-8-17-13/h1-8H,(H,16,17)(H,18,19,20). The first-order valence-corrected chi connectivity index (χ1v) is 6.18. The van der Waals surface area contributed by atoms with Gasteiger partial charge in [-0.05, 0) is 24.3 Å². The van der Waals surface area contributed by atoms with Crippen LogP contribution in [0.3, 0.4) is 0 Å². The lowest BCUT2D eigenvalue weighted by atomic mass is 10.2. The number of H-pyrrole nitrogens is 2. The third-order valence-electron chi connectivity index (χ3n) is 3.00. The number of aromatic nitrogens is 6. The third-order valence-corrected chi connectivity index (χ3v) is 3.00. The molecule has 96 valence electrons. The van der Waals surface area contributed by atoms with Crippen LogP contribution in [0.25, 0.3) is 34.2 Å². The summed E-state index contributed by atoms with van der Waals surface area (Å²) in [6, 6.07) is 9.62. The minimum Gasteiger partial charge on any atom is -0.342 e. The summed E-state index contributed by atoms with van der Waals surface area (Å²) in [5.74, 6) is 1.37. The van der Waals surface area contributed by atoms with Crippen LogP contribution in [0.4, 0.5) is 0 Å². The zero-order chi connectivity index (χ0) is 13.4. The molecule has 0 bridgehead atoms. The number of nitrogens with one attached hydrogen (secondary N) is 2. The van der Waals surface area contributed by atoms with Crippen LogP contribution in [0, 0.1) is 0 Å². The number of aromatic amines is 2. The highest BCUT2D eigenvalue weighted by molar-refractivity contribution is 5.77. The molecule has 2 N–H and O–H groups in total. The Hall–Kier alpha value is -3.02. The van der Waals surface area contributed by atoms with Crippen LogP contribution < -0.4 is 0 Å². The maximum atomic E-state index is 4.53.